The Morgan fingerprint density at radius 3 is 2.79 bits per heavy atom. The molecule has 96 valence electrons. The van der Waals surface area contributed by atoms with Crippen molar-refractivity contribution in [1.29, 1.82) is 0 Å². The van der Waals surface area contributed by atoms with Crippen LogP contribution in [0.4, 0.5) is 4.39 Å². The molecule has 0 aliphatic rings. The molecule has 0 fully saturated rings. The van der Waals surface area contributed by atoms with E-state index in [0.717, 1.165) is 11.0 Å². The van der Waals surface area contributed by atoms with Gasteiger partial charge in [0.05, 0.1) is 9.99 Å². The van der Waals surface area contributed by atoms with E-state index < -0.39 is 5.82 Å². The third kappa shape index (κ3) is 1.93. The van der Waals surface area contributed by atoms with Crippen LogP contribution in [0.5, 0.6) is 0 Å². The third-order valence-electron chi connectivity index (χ3n) is 2.94. The predicted octanol–water partition coefficient (Wildman–Crippen LogP) is 2.78. The first-order valence-electron chi connectivity index (χ1n) is 5.70. The molecule has 1 aromatic heterocycles. The molecule has 0 amide bonds. The number of benzene rings is 2. The summed E-state index contributed by atoms with van der Waals surface area (Å²) in [5.74, 6) is -0.390. The molecule has 0 bridgehead atoms. The van der Waals surface area contributed by atoms with Crippen LogP contribution in [-0.4, -0.2) is 15.0 Å². The standard InChI is InChI=1S/C13H10BrFN4/c14-12-8(7-16)5-6-11(13(12)15)19-10-4-2-1-3-9(10)17-18-19/h1-6H,7,16H2. The lowest BCUT2D eigenvalue weighted by Gasteiger charge is -2.08. The quantitative estimate of drug-likeness (QED) is 0.790. The molecule has 2 aromatic carbocycles. The van der Waals surface area contributed by atoms with Crippen molar-refractivity contribution in [3.63, 3.8) is 0 Å². The summed E-state index contributed by atoms with van der Waals surface area (Å²) in [5, 5.41) is 8.01. The molecule has 4 nitrogen and oxygen atoms in total. The van der Waals surface area contributed by atoms with Crippen LogP contribution in [0, 0.1) is 5.82 Å². The zero-order chi connectivity index (χ0) is 13.4. The highest BCUT2D eigenvalue weighted by Gasteiger charge is 2.14. The number of hydrogen-bond donors (Lipinski definition) is 1. The van der Waals surface area contributed by atoms with Gasteiger partial charge in [-0.25, -0.2) is 9.07 Å². The van der Waals surface area contributed by atoms with Crippen molar-refractivity contribution in [1.82, 2.24) is 15.0 Å². The van der Waals surface area contributed by atoms with Crippen molar-refractivity contribution in [2.24, 2.45) is 5.73 Å². The first-order chi connectivity index (χ1) is 9.22. The summed E-state index contributed by atoms with van der Waals surface area (Å²) in [6, 6.07) is 10.8. The first-order valence-corrected chi connectivity index (χ1v) is 6.49. The molecule has 0 aliphatic carbocycles. The molecule has 0 spiro atoms. The maximum Gasteiger partial charge on any atom is 0.163 e. The van der Waals surface area contributed by atoms with E-state index in [1.807, 2.05) is 24.3 Å². The van der Waals surface area contributed by atoms with Gasteiger partial charge in [-0.05, 0) is 39.7 Å². The van der Waals surface area contributed by atoms with Gasteiger partial charge in [0.15, 0.2) is 5.82 Å². The van der Waals surface area contributed by atoms with Crippen molar-refractivity contribution in [3.05, 3.63) is 52.3 Å². The van der Waals surface area contributed by atoms with Gasteiger partial charge in [-0.1, -0.05) is 23.4 Å². The molecule has 0 radical (unpaired) electrons. The van der Waals surface area contributed by atoms with Gasteiger partial charge >= 0.3 is 0 Å². The van der Waals surface area contributed by atoms with E-state index in [1.165, 1.54) is 4.68 Å². The molecule has 0 saturated carbocycles. The summed E-state index contributed by atoms with van der Waals surface area (Å²) in [7, 11) is 0. The molecule has 0 saturated heterocycles. The maximum atomic E-state index is 14.3. The molecule has 0 atom stereocenters. The Hall–Kier alpha value is -1.79. The molecular formula is C13H10BrFN4. The zero-order valence-electron chi connectivity index (χ0n) is 9.85. The molecule has 0 aliphatic heterocycles. The van der Waals surface area contributed by atoms with E-state index in [9.17, 15) is 4.39 Å². The van der Waals surface area contributed by atoms with Gasteiger partial charge in [-0.2, -0.15) is 0 Å². The minimum absolute atomic E-state index is 0.274. The highest BCUT2D eigenvalue weighted by Crippen LogP contribution is 2.27. The van der Waals surface area contributed by atoms with Gasteiger partial charge in [-0.3, -0.25) is 0 Å². The highest BCUT2D eigenvalue weighted by atomic mass is 79.9. The van der Waals surface area contributed by atoms with Gasteiger partial charge in [-0.15, -0.1) is 5.10 Å². The van der Waals surface area contributed by atoms with Crippen LogP contribution in [0.3, 0.4) is 0 Å². The summed E-state index contributed by atoms with van der Waals surface area (Å²) >= 11 is 3.22. The maximum absolute atomic E-state index is 14.3. The molecule has 3 rings (SSSR count). The molecular weight excluding hydrogens is 311 g/mol. The molecule has 1 heterocycles. The first kappa shape index (κ1) is 12.3. The van der Waals surface area contributed by atoms with E-state index in [1.54, 1.807) is 12.1 Å². The summed E-state index contributed by atoms with van der Waals surface area (Å²) in [6.45, 7) is 0.274. The fraction of sp³-hybridized carbons (Fsp3) is 0.0769. The SMILES string of the molecule is NCc1ccc(-n2nnc3ccccc32)c(F)c1Br. The minimum Gasteiger partial charge on any atom is -0.326 e. The summed E-state index contributed by atoms with van der Waals surface area (Å²) in [4.78, 5) is 0. The molecule has 6 heteroatoms. The van der Waals surface area contributed by atoms with Crippen LogP contribution >= 0.6 is 15.9 Å². The average Bonchev–Trinajstić information content (AvgIpc) is 2.86. The van der Waals surface area contributed by atoms with Gasteiger partial charge in [0.2, 0.25) is 0 Å². The molecule has 19 heavy (non-hydrogen) atoms. The number of aromatic nitrogens is 3. The van der Waals surface area contributed by atoms with Crippen molar-refractivity contribution < 1.29 is 4.39 Å². The summed E-state index contributed by atoms with van der Waals surface area (Å²) in [6.07, 6.45) is 0. The second-order valence-electron chi connectivity index (χ2n) is 4.07. The normalized spacial score (nSPS) is 11.1. The van der Waals surface area contributed by atoms with E-state index in [2.05, 4.69) is 26.2 Å². The van der Waals surface area contributed by atoms with E-state index in [0.29, 0.717) is 15.7 Å². The topological polar surface area (TPSA) is 56.7 Å². The number of fused-ring (bicyclic) bond motifs is 1. The Labute approximate surface area is 117 Å². The highest BCUT2D eigenvalue weighted by molar-refractivity contribution is 9.10. The van der Waals surface area contributed by atoms with Gasteiger partial charge in [0.1, 0.15) is 11.2 Å². The fourth-order valence-electron chi connectivity index (χ4n) is 1.95. The number of hydrogen-bond acceptors (Lipinski definition) is 3. The summed E-state index contributed by atoms with van der Waals surface area (Å²) < 4.78 is 16.2. The Bertz CT molecular complexity index is 753. The summed E-state index contributed by atoms with van der Waals surface area (Å²) in [5.41, 5.74) is 8.09. The van der Waals surface area contributed by atoms with Gasteiger partial charge in [0, 0.05) is 6.54 Å². The Morgan fingerprint density at radius 2 is 2.00 bits per heavy atom. The lowest BCUT2D eigenvalue weighted by Crippen LogP contribution is -2.04. The number of nitrogens with two attached hydrogens (primary N) is 1. The average molecular weight is 321 g/mol. The monoisotopic (exact) mass is 320 g/mol. The fourth-order valence-corrected chi connectivity index (χ4v) is 2.44. The van der Waals surface area contributed by atoms with Crippen molar-refractivity contribution in [3.8, 4) is 5.69 Å². The van der Waals surface area contributed by atoms with Gasteiger partial charge < -0.3 is 5.73 Å². The Morgan fingerprint density at radius 1 is 1.21 bits per heavy atom. The molecule has 3 aromatic rings. The lowest BCUT2D eigenvalue weighted by atomic mass is 10.2. The largest absolute Gasteiger partial charge is 0.326 e. The van der Waals surface area contributed by atoms with Crippen LogP contribution in [0.15, 0.2) is 40.9 Å². The van der Waals surface area contributed by atoms with Crippen LogP contribution in [0.1, 0.15) is 5.56 Å². The number of nitrogens with zero attached hydrogens (tertiary/aromatic N) is 3. The predicted molar refractivity (Wildman–Crippen MR) is 74.4 cm³/mol. The molecule has 0 unspecified atom stereocenters. The van der Waals surface area contributed by atoms with E-state index >= 15 is 0 Å². The zero-order valence-corrected chi connectivity index (χ0v) is 11.4. The number of para-hydroxylation sites is 1. The number of halogens is 2. The second-order valence-corrected chi connectivity index (χ2v) is 4.86. The third-order valence-corrected chi connectivity index (χ3v) is 3.80. The van der Waals surface area contributed by atoms with Crippen LogP contribution in [0.2, 0.25) is 0 Å². The van der Waals surface area contributed by atoms with Crippen molar-refractivity contribution in [2.45, 2.75) is 6.54 Å². The smallest absolute Gasteiger partial charge is 0.163 e. The van der Waals surface area contributed by atoms with Crippen molar-refractivity contribution >= 4 is 27.0 Å². The minimum atomic E-state index is -0.390. The van der Waals surface area contributed by atoms with Crippen LogP contribution < -0.4 is 5.73 Å². The molecule has 2 N–H and O–H groups in total. The number of rotatable bonds is 2. The lowest BCUT2D eigenvalue weighted by molar-refractivity contribution is 0.600. The van der Waals surface area contributed by atoms with Crippen LogP contribution in [0.25, 0.3) is 16.7 Å². The van der Waals surface area contributed by atoms with E-state index in [-0.39, 0.29) is 6.54 Å². The Balaban J connectivity index is 2.25. The van der Waals surface area contributed by atoms with E-state index in [4.69, 9.17) is 5.73 Å². The Kier molecular flexibility index (Phi) is 3.04. The van der Waals surface area contributed by atoms with Crippen molar-refractivity contribution in [2.75, 3.05) is 0 Å². The van der Waals surface area contributed by atoms with Crippen LogP contribution in [-0.2, 0) is 6.54 Å². The van der Waals surface area contributed by atoms with Gasteiger partial charge in [0.25, 0.3) is 0 Å². The second kappa shape index (κ2) is 4.71.